The lowest BCUT2D eigenvalue weighted by Gasteiger charge is -2.24. The average molecular weight is 273 g/mol. The molecule has 0 spiro atoms. The molecule has 0 N–H and O–H groups in total. The monoisotopic (exact) mass is 272 g/mol. The standard InChI is InChI=1S/C11H17ClN4O2/c1-5-16(6-8(17)15(2)3)11-9(18-4)10(12)13-7-14-11/h7H,5-6H2,1-4H3. The molecule has 1 heterocycles. The zero-order valence-electron chi connectivity index (χ0n) is 11.0. The van der Waals surface area contributed by atoms with Crippen LogP contribution in [0.15, 0.2) is 6.33 Å². The normalized spacial score (nSPS) is 10.1. The molecule has 18 heavy (non-hydrogen) atoms. The van der Waals surface area contributed by atoms with Crippen LogP contribution in [0.25, 0.3) is 0 Å². The minimum atomic E-state index is -0.0198. The van der Waals surface area contributed by atoms with Crippen LogP contribution in [0.3, 0.4) is 0 Å². The molecule has 0 saturated carbocycles. The van der Waals surface area contributed by atoms with Gasteiger partial charge in [0.2, 0.25) is 5.91 Å². The van der Waals surface area contributed by atoms with Gasteiger partial charge in [0.05, 0.1) is 13.7 Å². The van der Waals surface area contributed by atoms with E-state index in [1.54, 1.807) is 19.0 Å². The lowest BCUT2D eigenvalue weighted by atomic mass is 10.4. The van der Waals surface area contributed by atoms with E-state index in [1.807, 2.05) is 6.92 Å². The molecule has 0 bridgehead atoms. The van der Waals surface area contributed by atoms with Gasteiger partial charge in [-0.3, -0.25) is 4.79 Å². The molecule has 0 radical (unpaired) electrons. The van der Waals surface area contributed by atoms with Crippen molar-refractivity contribution in [2.24, 2.45) is 0 Å². The van der Waals surface area contributed by atoms with Crippen LogP contribution in [0.1, 0.15) is 6.92 Å². The summed E-state index contributed by atoms with van der Waals surface area (Å²) in [6, 6.07) is 0. The van der Waals surface area contributed by atoms with E-state index in [9.17, 15) is 4.79 Å². The fourth-order valence-corrected chi connectivity index (χ4v) is 1.59. The highest BCUT2D eigenvalue weighted by molar-refractivity contribution is 6.31. The Balaban J connectivity index is 3.02. The van der Waals surface area contributed by atoms with Crippen LogP contribution < -0.4 is 9.64 Å². The molecule has 1 aromatic heterocycles. The van der Waals surface area contributed by atoms with E-state index >= 15 is 0 Å². The maximum absolute atomic E-state index is 11.7. The number of hydrogen-bond acceptors (Lipinski definition) is 5. The second-order valence-corrected chi connectivity index (χ2v) is 4.18. The molecule has 1 rings (SSSR count). The Bertz CT molecular complexity index is 426. The van der Waals surface area contributed by atoms with Crippen LogP contribution in [-0.2, 0) is 4.79 Å². The molecule has 0 unspecified atom stereocenters. The SMILES string of the molecule is CCN(CC(=O)N(C)C)c1ncnc(Cl)c1OC. The first-order valence-electron chi connectivity index (χ1n) is 5.50. The third-order valence-electron chi connectivity index (χ3n) is 2.45. The first-order valence-corrected chi connectivity index (χ1v) is 5.88. The van der Waals surface area contributed by atoms with E-state index in [4.69, 9.17) is 16.3 Å². The number of nitrogens with zero attached hydrogens (tertiary/aromatic N) is 4. The van der Waals surface area contributed by atoms with Crippen molar-refractivity contribution in [1.29, 1.82) is 0 Å². The summed E-state index contributed by atoms with van der Waals surface area (Å²) in [5, 5.41) is 0.234. The Morgan fingerprint density at radius 3 is 2.61 bits per heavy atom. The maximum atomic E-state index is 11.7. The molecule has 0 aliphatic rings. The zero-order valence-corrected chi connectivity index (χ0v) is 11.7. The summed E-state index contributed by atoms with van der Waals surface area (Å²) >= 11 is 5.93. The second-order valence-electron chi connectivity index (χ2n) is 3.82. The Labute approximate surface area is 112 Å². The van der Waals surface area contributed by atoms with Gasteiger partial charge in [0.15, 0.2) is 16.7 Å². The van der Waals surface area contributed by atoms with E-state index in [2.05, 4.69) is 9.97 Å². The number of aromatic nitrogens is 2. The summed E-state index contributed by atoms with van der Waals surface area (Å²) in [6.07, 6.45) is 1.35. The van der Waals surface area contributed by atoms with E-state index in [0.717, 1.165) is 0 Å². The van der Waals surface area contributed by atoms with Crippen LogP contribution in [-0.4, -0.2) is 55.1 Å². The average Bonchev–Trinajstić information content (AvgIpc) is 2.35. The van der Waals surface area contributed by atoms with Crippen molar-refractivity contribution in [2.45, 2.75) is 6.92 Å². The number of anilines is 1. The summed E-state index contributed by atoms with van der Waals surface area (Å²) < 4.78 is 5.18. The van der Waals surface area contributed by atoms with Crippen molar-refractivity contribution in [2.75, 3.05) is 39.2 Å². The van der Waals surface area contributed by atoms with Crippen molar-refractivity contribution in [3.05, 3.63) is 11.5 Å². The smallest absolute Gasteiger partial charge is 0.241 e. The number of ether oxygens (including phenoxy) is 1. The van der Waals surface area contributed by atoms with Gasteiger partial charge in [-0.2, -0.15) is 0 Å². The van der Waals surface area contributed by atoms with Gasteiger partial charge in [-0.1, -0.05) is 11.6 Å². The Morgan fingerprint density at radius 2 is 2.11 bits per heavy atom. The first-order chi connectivity index (χ1) is 8.51. The highest BCUT2D eigenvalue weighted by atomic mass is 35.5. The van der Waals surface area contributed by atoms with Crippen molar-refractivity contribution in [3.8, 4) is 5.75 Å². The molecule has 7 heteroatoms. The molecule has 0 atom stereocenters. The fourth-order valence-electron chi connectivity index (χ4n) is 1.39. The number of carbonyl (C=O) groups excluding carboxylic acids is 1. The lowest BCUT2D eigenvalue weighted by molar-refractivity contribution is -0.127. The van der Waals surface area contributed by atoms with Crippen LogP contribution in [0.5, 0.6) is 5.75 Å². The summed E-state index contributed by atoms with van der Waals surface area (Å²) in [7, 11) is 4.91. The minimum absolute atomic E-state index is 0.0198. The van der Waals surface area contributed by atoms with Gasteiger partial charge in [-0.15, -0.1) is 0 Å². The predicted octanol–water partition coefficient (Wildman–Crippen LogP) is 1.05. The van der Waals surface area contributed by atoms with Crippen molar-refractivity contribution < 1.29 is 9.53 Å². The highest BCUT2D eigenvalue weighted by Crippen LogP contribution is 2.31. The van der Waals surface area contributed by atoms with Crippen molar-refractivity contribution in [1.82, 2.24) is 14.9 Å². The Kier molecular flexibility index (Phi) is 5.15. The number of carbonyl (C=O) groups is 1. The van der Waals surface area contributed by atoms with Gasteiger partial charge in [0.25, 0.3) is 0 Å². The van der Waals surface area contributed by atoms with Gasteiger partial charge in [-0.25, -0.2) is 9.97 Å². The minimum Gasteiger partial charge on any atom is -0.490 e. The summed E-state index contributed by atoms with van der Waals surface area (Å²) in [5.74, 6) is 0.886. The van der Waals surface area contributed by atoms with E-state index < -0.39 is 0 Å². The van der Waals surface area contributed by atoms with Gasteiger partial charge in [0, 0.05) is 20.6 Å². The summed E-state index contributed by atoms with van der Waals surface area (Å²) in [4.78, 5) is 23.0. The first kappa shape index (κ1) is 14.5. The largest absolute Gasteiger partial charge is 0.490 e. The molecular weight excluding hydrogens is 256 g/mol. The third kappa shape index (κ3) is 3.22. The van der Waals surface area contributed by atoms with Gasteiger partial charge >= 0.3 is 0 Å². The zero-order chi connectivity index (χ0) is 13.7. The van der Waals surface area contributed by atoms with Crippen LogP contribution in [0, 0.1) is 0 Å². The molecule has 0 aromatic carbocycles. The summed E-state index contributed by atoms with van der Waals surface area (Å²) in [5.41, 5.74) is 0. The molecule has 1 aromatic rings. The number of methoxy groups -OCH3 is 1. The number of halogens is 1. The third-order valence-corrected chi connectivity index (χ3v) is 2.72. The molecule has 100 valence electrons. The molecule has 1 amide bonds. The Hall–Kier alpha value is -1.56. The van der Waals surface area contributed by atoms with Gasteiger partial charge < -0.3 is 14.5 Å². The topological polar surface area (TPSA) is 58.6 Å². The van der Waals surface area contributed by atoms with Crippen molar-refractivity contribution in [3.63, 3.8) is 0 Å². The quantitative estimate of drug-likeness (QED) is 0.750. The van der Waals surface area contributed by atoms with Gasteiger partial charge in [0.1, 0.15) is 6.33 Å². The molecule has 0 fully saturated rings. The van der Waals surface area contributed by atoms with Crippen LogP contribution in [0.4, 0.5) is 5.82 Å². The van der Waals surface area contributed by atoms with E-state index in [1.165, 1.54) is 18.3 Å². The number of likely N-dealkylation sites (N-methyl/N-ethyl adjacent to an activating group) is 2. The number of hydrogen-bond donors (Lipinski definition) is 0. The maximum Gasteiger partial charge on any atom is 0.241 e. The lowest BCUT2D eigenvalue weighted by Crippen LogP contribution is -2.37. The molecule has 0 aliphatic heterocycles. The van der Waals surface area contributed by atoms with Gasteiger partial charge in [-0.05, 0) is 6.92 Å². The van der Waals surface area contributed by atoms with Crippen LogP contribution >= 0.6 is 11.6 Å². The second kappa shape index (κ2) is 6.39. The number of amides is 1. The molecule has 0 saturated heterocycles. The highest BCUT2D eigenvalue weighted by Gasteiger charge is 2.19. The summed E-state index contributed by atoms with van der Waals surface area (Å²) in [6.45, 7) is 2.76. The fraction of sp³-hybridized carbons (Fsp3) is 0.545. The van der Waals surface area contributed by atoms with Crippen LogP contribution in [0.2, 0.25) is 5.15 Å². The molecule has 6 nitrogen and oxygen atoms in total. The van der Waals surface area contributed by atoms with E-state index in [-0.39, 0.29) is 17.6 Å². The van der Waals surface area contributed by atoms with E-state index in [0.29, 0.717) is 18.1 Å². The number of rotatable bonds is 5. The molecular formula is C11H17ClN4O2. The Morgan fingerprint density at radius 1 is 1.44 bits per heavy atom. The molecule has 0 aliphatic carbocycles. The van der Waals surface area contributed by atoms with Crippen molar-refractivity contribution >= 4 is 23.3 Å². The predicted molar refractivity (Wildman–Crippen MR) is 70.2 cm³/mol.